The second kappa shape index (κ2) is 15.8. The van der Waals surface area contributed by atoms with E-state index in [1.165, 1.54) is 38.2 Å². The number of hydrogen-bond donors (Lipinski definition) is 4. The van der Waals surface area contributed by atoms with Crippen molar-refractivity contribution in [1.82, 2.24) is 0 Å². The molecule has 154 valence electrons. The van der Waals surface area contributed by atoms with Crippen LogP contribution < -0.4 is 17.2 Å². The molecule has 8 heteroatoms. The molecule has 0 aromatic heterocycles. The Balaban J connectivity index is 0.000000382. The molecule has 2 rings (SSSR count). The molecule has 0 bridgehead atoms. The molecular formula is C19H31Cl2N3O3. The fourth-order valence-corrected chi connectivity index (χ4v) is 2.82. The van der Waals surface area contributed by atoms with Crippen LogP contribution in [0.1, 0.15) is 61.7 Å². The summed E-state index contributed by atoms with van der Waals surface area (Å²) in [5.74, 6) is -0.933. The Labute approximate surface area is 171 Å². The number of aldehydes is 1. The molecule has 0 spiro atoms. The van der Waals surface area contributed by atoms with Crippen LogP contribution in [0.3, 0.4) is 0 Å². The van der Waals surface area contributed by atoms with Gasteiger partial charge < -0.3 is 22.3 Å². The minimum absolute atomic E-state index is 0.391. The first-order valence-electron chi connectivity index (χ1n) is 9.16. The van der Waals surface area contributed by atoms with E-state index in [2.05, 4.69) is 0 Å². The van der Waals surface area contributed by atoms with Crippen LogP contribution in [-0.2, 0) is 4.79 Å². The van der Waals surface area contributed by atoms with Gasteiger partial charge in [-0.2, -0.15) is 0 Å². The minimum atomic E-state index is -0.933. The van der Waals surface area contributed by atoms with Crippen molar-refractivity contribution in [3.8, 4) is 0 Å². The van der Waals surface area contributed by atoms with Gasteiger partial charge in [-0.05, 0) is 50.4 Å². The van der Waals surface area contributed by atoms with E-state index in [1.807, 2.05) is 0 Å². The molecule has 1 unspecified atom stereocenters. The van der Waals surface area contributed by atoms with Gasteiger partial charge in [0.25, 0.3) is 0 Å². The number of aliphatic carboxylic acids is 1. The molecule has 1 aliphatic carbocycles. The highest BCUT2D eigenvalue weighted by atomic mass is 35.5. The highest BCUT2D eigenvalue weighted by Crippen LogP contribution is 2.19. The highest BCUT2D eigenvalue weighted by molar-refractivity contribution is 6.36. The fourth-order valence-electron chi connectivity index (χ4n) is 2.36. The molecule has 1 atom stereocenters. The average molecular weight is 420 g/mol. The van der Waals surface area contributed by atoms with Crippen molar-refractivity contribution in [1.29, 1.82) is 0 Å². The third-order valence-electron chi connectivity index (χ3n) is 4.03. The summed E-state index contributed by atoms with van der Waals surface area (Å²) < 4.78 is 0. The first-order valence-corrected chi connectivity index (χ1v) is 9.91. The number of carbonyl (C=O) groups is 2. The number of hydrogen-bond acceptors (Lipinski definition) is 5. The van der Waals surface area contributed by atoms with Crippen molar-refractivity contribution in [2.45, 2.75) is 63.5 Å². The second-order valence-corrected chi connectivity index (χ2v) is 7.25. The van der Waals surface area contributed by atoms with E-state index < -0.39 is 12.0 Å². The topological polar surface area (TPSA) is 132 Å². The molecule has 0 amide bonds. The first-order chi connectivity index (χ1) is 12.8. The maximum absolute atomic E-state index is 10.2. The summed E-state index contributed by atoms with van der Waals surface area (Å²) in [6.07, 6.45) is 9.52. The number of rotatable bonds is 6. The Bertz CT molecular complexity index is 553. The number of carboxylic acid groups (broad SMARTS) is 1. The van der Waals surface area contributed by atoms with Crippen molar-refractivity contribution >= 4 is 35.5 Å². The molecular weight excluding hydrogens is 389 g/mol. The van der Waals surface area contributed by atoms with Crippen LogP contribution in [0.25, 0.3) is 0 Å². The lowest BCUT2D eigenvalue weighted by Gasteiger charge is -2.15. The van der Waals surface area contributed by atoms with Crippen molar-refractivity contribution in [3.63, 3.8) is 0 Å². The zero-order valence-electron chi connectivity index (χ0n) is 15.6. The smallest absolute Gasteiger partial charge is 0.320 e. The van der Waals surface area contributed by atoms with Gasteiger partial charge in [-0.1, -0.05) is 48.9 Å². The molecule has 1 aromatic rings. The monoisotopic (exact) mass is 419 g/mol. The first kappa shape index (κ1) is 25.8. The normalized spacial score (nSPS) is 14.9. The third kappa shape index (κ3) is 13.6. The lowest BCUT2D eigenvalue weighted by Crippen LogP contribution is -2.29. The van der Waals surface area contributed by atoms with E-state index in [1.54, 1.807) is 12.1 Å². The standard InChI is InChI=1S/C7H4Cl2O.C6H14N2O2.C6H13N/c8-6-2-1-5(4-10)7(9)3-6;7-4-2-1-3-5(8)6(9)10;7-6-4-2-1-3-5-6/h1-4H;5H,1-4,7-8H2,(H,9,10);6H,1-5,7H2. The summed E-state index contributed by atoms with van der Waals surface area (Å²) in [4.78, 5) is 20.3. The van der Waals surface area contributed by atoms with Gasteiger partial charge in [-0.3, -0.25) is 9.59 Å². The molecule has 7 N–H and O–H groups in total. The molecule has 27 heavy (non-hydrogen) atoms. The molecule has 1 aliphatic rings. The summed E-state index contributed by atoms with van der Waals surface area (Å²) in [5.41, 5.74) is 16.5. The summed E-state index contributed by atoms with van der Waals surface area (Å²) in [5, 5.41) is 9.25. The van der Waals surface area contributed by atoms with Gasteiger partial charge in [-0.25, -0.2) is 0 Å². The third-order valence-corrected chi connectivity index (χ3v) is 4.59. The molecule has 1 fully saturated rings. The molecule has 0 radical (unpaired) electrons. The van der Waals surface area contributed by atoms with E-state index in [0.717, 1.165) is 12.8 Å². The predicted octanol–water partition coefficient (Wildman–Crippen LogP) is 3.61. The van der Waals surface area contributed by atoms with Crippen LogP contribution in [0.15, 0.2) is 18.2 Å². The van der Waals surface area contributed by atoms with E-state index in [4.69, 9.17) is 45.5 Å². The Morgan fingerprint density at radius 2 is 1.85 bits per heavy atom. The fraction of sp³-hybridized carbons (Fsp3) is 0.579. The summed E-state index contributed by atoms with van der Waals surface area (Å²) in [6.45, 7) is 0.604. The van der Waals surface area contributed by atoms with Crippen LogP contribution in [-0.4, -0.2) is 36.0 Å². The molecule has 0 saturated heterocycles. The average Bonchev–Trinajstić information content (AvgIpc) is 2.63. The molecule has 0 aliphatic heterocycles. The van der Waals surface area contributed by atoms with E-state index in [0.29, 0.717) is 40.9 Å². The highest BCUT2D eigenvalue weighted by Gasteiger charge is 2.09. The van der Waals surface area contributed by atoms with Crippen LogP contribution in [0.2, 0.25) is 10.0 Å². The lowest BCUT2D eigenvalue weighted by molar-refractivity contribution is -0.138. The quantitative estimate of drug-likeness (QED) is 0.411. The Morgan fingerprint density at radius 3 is 2.26 bits per heavy atom. The number of carbonyl (C=O) groups excluding carboxylic acids is 1. The number of halogens is 2. The summed E-state index contributed by atoms with van der Waals surface area (Å²) in [6, 6.07) is 4.56. The van der Waals surface area contributed by atoms with Crippen molar-refractivity contribution < 1.29 is 14.7 Å². The van der Waals surface area contributed by atoms with Gasteiger partial charge in [-0.15, -0.1) is 0 Å². The van der Waals surface area contributed by atoms with Crippen molar-refractivity contribution in [3.05, 3.63) is 33.8 Å². The minimum Gasteiger partial charge on any atom is -0.480 e. The molecule has 1 aromatic carbocycles. The van der Waals surface area contributed by atoms with Gasteiger partial charge in [0.1, 0.15) is 6.04 Å². The number of benzene rings is 1. The summed E-state index contributed by atoms with van der Waals surface area (Å²) in [7, 11) is 0. The lowest BCUT2D eigenvalue weighted by atomic mass is 9.97. The number of carboxylic acids is 1. The second-order valence-electron chi connectivity index (χ2n) is 6.41. The molecule has 1 saturated carbocycles. The largest absolute Gasteiger partial charge is 0.480 e. The SMILES string of the molecule is NC1CCCCC1.NCCCCC(N)C(=O)O.O=Cc1ccc(Cl)cc1Cl. The van der Waals surface area contributed by atoms with Gasteiger partial charge >= 0.3 is 5.97 Å². The molecule has 6 nitrogen and oxygen atoms in total. The summed E-state index contributed by atoms with van der Waals surface area (Å²) >= 11 is 11.2. The number of unbranched alkanes of at least 4 members (excludes halogenated alkanes) is 1. The maximum atomic E-state index is 10.2. The van der Waals surface area contributed by atoms with Gasteiger partial charge in [0.15, 0.2) is 6.29 Å². The van der Waals surface area contributed by atoms with Gasteiger partial charge in [0, 0.05) is 16.6 Å². The number of nitrogens with two attached hydrogens (primary N) is 3. The van der Waals surface area contributed by atoms with Crippen LogP contribution >= 0.6 is 23.2 Å². The van der Waals surface area contributed by atoms with Crippen molar-refractivity contribution in [2.24, 2.45) is 17.2 Å². The molecule has 0 heterocycles. The Hall–Kier alpha value is -1.18. The Morgan fingerprint density at radius 1 is 1.22 bits per heavy atom. The van der Waals surface area contributed by atoms with Crippen LogP contribution in [0.5, 0.6) is 0 Å². The predicted molar refractivity (Wildman–Crippen MR) is 111 cm³/mol. The van der Waals surface area contributed by atoms with E-state index in [-0.39, 0.29) is 0 Å². The van der Waals surface area contributed by atoms with Crippen LogP contribution in [0.4, 0.5) is 0 Å². The van der Waals surface area contributed by atoms with Crippen molar-refractivity contribution in [2.75, 3.05) is 6.54 Å². The van der Waals surface area contributed by atoms with E-state index >= 15 is 0 Å². The van der Waals surface area contributed by atoms with Gasteiger partial charge in [0.2, 0.25) is 0 Å². The van der Waals surface area contributed by atoms with Gasteiger partial charge in [0.05, 0.1) is 5.02 Å². The van der Waals surface area contributed by atoms with E-state index in [9.17, 15) is 9.59 Å². The van der Waals surface area contributed by atoms with Crippen LogP contribution in [0, 0.1) is 0 Å². The Kier molecular flexibility index (Phi) is 15.1. The maximum Gasteiger partial charge on any atom is 0.320 e. The zero-order chi connectivity index (χ0) is 20.7. The zero-order valence-corrected chi connectivity index (χ0v) is 17.1.